The van der Waals surface area contributed by atoms with Crippen LogP contribution in [0.25, 0.3) is 0 Å². The molecule has 1 heterocycles. The molecule has 2 atom stereocenters. The second-order valence-corrected chi connectivity index (χ2v) is 6.40. The molecule has 0 bridgehead atoms. The molecule has 2 unspecified atom stereocenters. The van der Waals surface area contributed by atoms with Crippen LogP contribution in [-0.4, -0.2) is 19.0 Å². The first-order valence-electron chi connectivity index (χ1n) is 8.13. The van der Waals surface area contributed by atoms with Gasteiger partial charge in [-0.3, -0.25) is 4.79 Å². The van der Waals surface area contributed by atoms with E-state index in [-0.39, 0.29) is 11.9 Å². The zero-order valence-corrected chi connectivity index (χ0v) is 13.5. The second-order valence-electron chi connectivity index (χ2n) is 6.40. The minimum absolute atomic E-state index is 0.0851. The Kier molecular flexibility index (Phi) is 5.80. The Hall–Kier alpha value is -1.35. The minimum atomic E-state index is 0.0851. The molecule has 0 saturated carbocycles. The van der Waals surface area contributed by atoms with Crippen molar-refractivity contribution >= 4 is 5.91 Å². The normalized spacial score (nSPS) is 20.0. The van der Waals surface area contributed by atoms with Gasteiger partial charge in [0.1, 0.15) is 0 Å². The number of nitrogens with one attached hydrogen (secondary N) is 2. The molecule has 2 N–H and O–H groups in total. The lowest BCUT2D eigenvalue weighted by atomic mass is 9.94. The number of aryl methyl sites for hydroxylation is 2. The Morgan fingerprint density at radius 1 is 1.43 bits per heavy atom. The first kappa shape index (κ1) is 16.0. The van der Waals surface area contributed by atoms with Crippen LogP contribution < -0.4 is 10.6 Å². The Labute approximate surface area is 128 Å². The Bertz CT molecular complexity index is 478. The summed E-state index contributed by atoms with van der Waals surface area (Å²) in [6, 6.07) is 6.50. The van der Waals surface area contributed by atoms with E-state index in [1.807, 2.05) is 0 Å². The van der Waals surface area contributed by atoms with Crippen molar-refractivity contribution in [1.82, 2.24) is 10.6 Å². The summed E-state index contributed by atoms with van der Waals surface area (Å²) >= 11 is 0. The lowest BCUT2D eigenvalue weighted by Gasteiger charge is -2.23. The molecule has 3 heteroatoms. The van der Waals surface area contributed by atoms with Crippen LogP contribution >= 0.6 is 0 Å². The fourth-order valence-electron chi connectivity index (χ4n) is 3.12. The molecular formula is C18H28N2O. The molecule has 0 radical (unpaired) electrons. The number of piperidine rings is 1. The molecule has 1 aliphatic heterocycles. The maximum atomic E-state index is 12.1. The zero-order chi connectivity index (χ0) is 15.2. The van der Waals surface area contributed by atoms with Gasteiger partial charge in [-0.05, 0) is 70.2 Å². The van der Waals surface area contributed by atoms with Crippen molar-refractivity contribution in [3.63, 3.8) is 0 Å². The molecular weight excluding hydrogens is 260 g/mol. The Morgan fingerprint density at radius 3 is 2.95 bits per heavy atom. The summed E-state index contributed by atoms with van der Waals surface area (Å²) in [6.45, 7) is 8.46. The fourth-order valence-corrected chi connectivity index (χ4v) is 3.12. The van der Waals surface area contributed by atoms with E-state index in [1.54, 1.807) is 0 Å². The lowest BCUT2D eigenvalue weighted by Crippen LogP contribution is -2.32. The van der Waals surface area contributed by atoms with Crippen LogP contribution in [0.15, 0.2) is 18.2 Å². The average Bonchev–Trinajstić information content (AvgIpc) is 2.48. The highest BCUT2D eigenvalue weighted by Crippen LogP contribution is 2.20. The SMILES string of the molecule is Cc1ccc(C)c(C(C)NC(=O)CCC2CCCNC2)c1. The maximum absolute atomic E-state index is 12.1. The number of hydrogen-bond donors (Lipinski definition) is 2. The van der Waals surface area contributed by atoms with Crippen molar-refractivity contribution in [2.75, 3.05) is 13.1 Å². The van der Waals surface area contributed by atoms with E-state index < -0.39 is 0 Å². The summed E-state index contributed by atoms with van der Waals surface area (Å²) in [6.07, 6.45) is 4.14. The van der Waals surface area contributed by atoms with Crippen molar-refractivity contribution < 1.29 is 4.79 Å². The zero-order valence-electron chi connectivity index (χ0n) is 13.5. The van der Waals surface area contributed by atoms with Crippen LogP contribution in [0.1, 0.15) is 55.3 Å². The van der Waals surface area contributed by atoms with Gasteiger partial charge >= 0.3 is 0 Å². The summed E-state index contributed by atoms with van der Waals surface area (Å²) < 4.78 is 0. The molecule has 1 amide bonds. The largest absolute Gasteiger partial charge is 0.350 e. The van der Waals surface area contributed by atoms with E-state index in [0.717, 1.165) is 19.5 Å². The first-order chi connectivity index (χ1) is 10.1. The van der Waals surface area contributed by atoms with Gasteiger partial charge in [0.15, 0.2) is 0 Å². The van der Waals surface area contributed by atoms with Crippen LogP contribution in [0.2, 0.25) is 0 Å². The molecule has 1 aromatic carbocycles. The molecule has 3 nitrogen and oxygen atoms in total. The van der Waals surface area contributed by atoms with E-state index >= 15 is 0 Å². The summed E-state index contributed by atoms with van der Waals surface area (Å²) in [5.74, 6) is 0.842. The van der Waals surface area contributed by atoms with Crippen molar-refractivity contribution in [2.24, 2.45) is 5.92 Å². The monoisotopic (exact) mass is 288 g/mol. The van der Waals surface area contributed by atoms with Crippen LogP contribution in [0, 0.1) is 19.8 Å². The summed E-state index contributed by atoms with van der Waals surface area (Å²) in [5.41, 5.74) is 3.71. The van der Waals surface area contributed by atoms with Gasteiger partial charge in [-0.1, -0.05) is 23.8 Å². The summed E-state index contributed by atoms with van der Waals surface area (Å²) in [7, 11) is 0. The van der Waals surface area contributed by atoms with E-state index in [2.05, 4.69) is 49.6 Å². The summed E-state index contributed by atoms with van der Waals surface area (Å²) in [5, 5.41) is 6.55. The molecule has 21 heavy (non-hydrogen) atoms. The second kappa shape index (κ2) is 7.60. The van der Waals surface area contributed by atoms with Crippen LogP contribution in [0.5, 0.6) is 0 Å². The quantitative estimate of drug-likeness (QED) is 0.873. The number of amides is 1. The highest BCUT2D eigenvalue weighted by molar-refractivity contribution is 5.76. The van der Waals surface area contributed by atoms with E-state index in [0.29, 0.717) is 12.3 Å². The van der Waals surface area contributed by atoms with E-state index in [1.165, 1.54) is 29.5 Å². The van der Waals surface area contributed by atoms with Gasteiger partial charge in [0.2, 0.25) is 5.91 Å². The standard InChI is InChI=1S/C18H28N2O/c1-13-6-7-14(2)17(11-13)15(3)20-18(21)9-8-16-5-4-10-19-12-16/h6-7,11,15-16,19H,4-5,8-10,12H2,1-3H3,(H,20,21). The molecule has 0 spiro atoms. The molecule has 1 saturated heterocycles. The Morgan fingerprint density at radius 2 is 2.24 bits per heavy atom. The van der Waals surface area contributed by atoms with Crippen LogP contribution in [-0.2, 0) is 4.79 Å². The third-order valence-electron chi connectivity index (χ3n) is 4.46. The highest BCUT2D eigenvalue weighted by Gasteiger charge is 2.16. The first-order valence-corrected chi connectivity index (χ1v) is 8.13. The molecule has 1 aromatic rings. The summed E-state index contributed by atoms with van der Waals surface area (Å²) in [4.78, 5) is 12.1. The van der Waals surface area contributed by atoms with Gasteiger partial charge in [0.25, 0.3) is 0 Å². The molecule has 0 aromatic heterocycles. The number of benzene rings is 1. The maximum Gasteiger partial charge on any atom is 0.220 e. The fraction of sp³-hybridized carbons (Fsp3) is 0.611. The van der Waals surface area contributed by atoms with Crippen molar-refractivity contribution in [1.29, 1.82) is 0 Å². The highest BCUT2D eigenvalue weighted by atomic mass is 16.1. The number of rotatable bonds is 5. The smallest absolute Gasteiger partial charge is 0.220 e. The van der Waals surface area contributed by atoms with Crippen molar-refractivity contribution in [3.8, 4) is 0 Å². The number of carbonyl (C=O) groups is 1. The van der Waals surface area contributed by atoms with Gasteiger partial charge in [0.05, 0.1) is 6.04 Å². The van der Waals surface area contributed by atoms with Gasteiger partial charge in [-0.2, -0.15) is 0 Å². The molecule has 1 fully saturated rings. The number of carbonyl (C=O) groups excluding carboxylic acids is 1. The topological polar surface area (TPSA) is 41.1 Å². The molecule has 1 aliphatic rings. The van der Waals surface area contributed by atoms with Crippen molar-refractivity contribution in [2.45, 2.75) is 52.5 Å². The third kappa shape index (κ3) is 4.85. The van der Waals surface area contributed by atoms with Gasteiger partial charge in [-0.25, -0.2) is 0 Å². The van der Waals surface area contributed by atoms with E-state index in [9.17, 15) is 4.79 Å². The van der Waals surface area contributed by atoms with E-state index in [4.69, 9.17) is 0 Å². The third-order valence-corrected chi connectivity index (χ3v) is 4.46. The van der Waals surface area contributed by atoms with Gasteiger partial charge in [-0.15, -0.1) is 0 Å². The van der Waals surface area contributed by atoms with Crippen LogP contribution in [0.3, 0.4) is 0 Å². The number of hydrogen-bond acceptors (Lipinski definition) is 2. The molecule has 116 valence electrons. The van der Waals surface area contributed by atoms with Gasteiger partial charge in [0, 0.05) is 6.42 Å². The molecule has 0 aliphatic carbocycles. The molecule has 2 rings (SSSR count). The minimum Gasteiger partial charge on any atom is -0.350 e. The Balaban J connectivity index is 1.82. The van der Waals surface area contributed by atoms with Gasteiger partial charge < -0.3 is 10.6 Å². The van der Waals surface area contributed by atoms with Crippen LogP contribution in [0.4, 0.5) is 0 Å². The average molecular weight is 288 g/mol. The predicted molar refractivity (Wildman–Crippen MR) is 87.3 cm³/mol. The lowest BCUT2D eigenvalue weighted by molar-refractivity contribution is -0.122. The van der Waals surface area contributed by atoms with Crippen molar-refractivity contribution in [3.05, 3.63) is 34.9 Å². The predicted octanol–water partition coefficient (Wildman–Crippen LogP) is 3.26.